The molecule has 170 valence electrons. The Hall–Kier alpha value is -1.86. The molecule has 0 aliphatic heterocycles. The largest absolute Gasteiger partial charge is 0.352 e. The van der Waals surface area contributed by atoms with Gasteiger partial charge in [-0.1, -0.05) is 61.2 Å². The maximum Gasteiger partial charge on any atom is 0.251 e. The van der Waals surface area contributed by atoms with E-state index in [1.54, 1.807) is 18.2 Å². The van der Waals surface area contributed by atoms with Gasteiger partial charge in [0.05, 0.1) is 18.5 Å². The Morgan fingerprint density at radius 3 is 2.35 bits per heavy atom. The van der Waals surface area contributed by atoms with Crippen LogP contribution in [0, 0.1) is 12.8 Å². The highest BCUT2D eigenvalue weighted by Crippen LogP contribution is 2.26. The molecular formula is C24H33BrN2O3S. The smallest absolute Gasteiger partial charge is 0.251 e. The van der Waals surface area contributed by atoms with Gasteiger partial charge in [0.1, 0.15) is 0 Å². The molecule has 1 N–H and O–H groups in total. The van der Waals surface area contributed by atoms with E-state index in [1.165, 1.54) is 17.0 Å². The number of amides is 1. The molecular weight excluding hydrogens is 476 g/mol. The molecule has 1 amide bonds. The van der Waals surface area contributed by atoms with E-state index in [9.17, 15) is 13.2 Å². The molecule has 2 aromatic carbocycles. The van der Waals surface area contributed by atoms with E-state index in [0.717, 1.165) is 34.9 Å². The van der Waals surface area contributed by atoms with Crippen molar-refractivity contribution in [2.24, 2.45) is 5.92 Å². The number of nitrogens with one attached hydrogen (secondary N) is 1. The van der Waals surface area contributed by atoms with Crippen molar-refractivity contribution >= 4 is 37.5 Å². The third kappa shape index (κ3) is 7.65. The zero-order valence-electron chi connectivity index (χ0n) is 18.8. The second-order valence-electron chi connectivity index (χ2n) is 8.03. The minimum Gasteiger partial charge on any atom is -0.352 e. The third-order valence-corrected chi connectivity index (χ3v) is 7.50. The highest BCUT2D eigenvalue weighted by molar-refractivity contribution is 9.10. The van der Waals surface area contributed by atoms with E-state index in [2.05, 4.69) is 35.1 Å². The predicted octanol–water partition coefficient (Wildman–Crippen LogP) is 5.67. The molecule has 2 rings (SSSR count). The van der Waals surface area contributed by atoms with Gasteiger partial charge in [-0.2, -0.15) is 0 Å². The monoisotopic (exact) mass is 508 g/mol. The van der Waals surface area contributed by atoms with Crippen LogP contribution in [0.1, 0.15) is 61.0 Å². The maximum atomic E-state index is 12.5. The fraction of sp³-hybridized carbons (Fsp3) is 0.458. The lowest BCUT2D eigenvalue weighted by Crippen LogP contribution is -2.30. The summed E-state index contributed by atoms with van der Waals surface area (Å²) in [4.78, 5) is 12.5. The number of sulfonamides is 1. The lowest BCUT2D eigenvalue weighted by atomic mass is 9.99. The Labute approximate surface area is 195 Å². The average molecular weight is 510 g/mol. The first-order valence-electron chi connectivity index (χ1n) is 10.8. The van der Waals surface area contributed by atoms with E-state index in [4.69, 9.17) is 0 Å². The average Bonchev–Trinajstić information content (AvgIpc) is 2.73. The van der Waals surface area contributed by atoms with Crippen molar-refractivity contribution < 1.29 is 13.2 Å². The Balaban J connectivity index is 2.08. The Morgan fingerprint density at radius 2 is 1.81 bits per heavy atom. The molecule has 0 heterocycles. The number of anilines is 1. The van der Waals surface area contributed by atoms with E-state index >= 15 is 0 Å². The van der Waals surface area contributed by atoms with Gasteiger partial charge >= 0.3 is 0 Å². The number of carbonyl (C=O) groups excluding carboxylic acids is 1. The topological polar surface area (TPSA) is 66.5 Å². The maximum absolute atomic E-state index is 12.5. The van der Waals surface area contributed by atoms with Gasteiger partial charge in [0, 0.05) is 16.6 Å². The fourth-order valence-corrected chi connectivity index (χ4v) is 4.52. The molecule has 1 unspecified atom stereocenters. The molecule has 0 radical (unpaired) electrons. The number of carbonyl (C=O) groups is 1. The molecule has 0 saturated heterocycles. The van der Waals surface area contributed by atoms with Crippen LogP contribution in [-0.2, 0) is 16.6 Å². The summed E-state index contributed by atoms with van der Waals surface area (Å²) in [6.07, 6.45) is 5.72. The standard InChI is InChI=1S/C24H33BrN2O3S/c1-5-7-8-19(6-2)16-26-24(28)21-11-9-20(10-12-21)17-27(31(4,29)30)22-13-14-23(25)18(3)15-22/h9-15,19H,5-8,16-17H2,1-4H3,(H,26,28). The van der Waals surface area contributed by atoms with Crippen molar-refractivity contribution in [2.45, 2.75) is 53.0 Å². The van der Waals surface area contributed by atoms with Gasteiger partial charge in [0.25, 0.3) is 5.91 Å². The second kappa shape index (κ2) is 11.7. The quantitative estimate of drug-likeness (QED) is 0.425. The van der Waals surface area contributed by atoms with E-state index in [1.807, 2.05) is 31.2 Å². The number of rotatable bonds is 11. The first-order valence-corrected chi connectivity index (χ1v) is 13.4. The predicted molar refractivity (Wildman–Crippen MR) is 132 cm³/mol. The fourth-order valence-electron chi connectivity index (χ4n) is 3.39. The van der Waals surface area contributed by atoms with Crippen LogP contribution in [0.4, 0.5) is 5.69 Å². The molecule has 0 bridgehead atoms. The molecule has 0 fully saturated rings. The van der Waals surface area contributed by atoms with Crippen molar-refractivity contribution in [3.05, 3.63) is 63.6 Å². The normalized spacial score (nSPS) is 12.4. The Bertz CT molecular complexity index is 975. The van der Waals surface area contributed by atoms with Gasteiger partial charge in [0.15, 0.2) is 0 Å². The first-order chi connectivity index (χ1) is 14.7. The molecule has 31 heavy (non-hydrogen) atoms. The van der Waals surface area contributed by atoms with Crippen molar-refractivity contribution in [3.63, 3.8) is 0 Å². The number of benzene rings is 2. The van der Waals surface area contributed by atoms with Crippen molar-refractivity contribution in [1.82, 2.24) is 5.32 Å². The summed E-state index contributed by atoms with van der Waals surface area (Å²) in [5.41, 5.74) is 2.97. The van der Waals surface area contributed by atoms with Crippen molar-refractivity contribution in [3.8, 4) is 0 Å². The number of halogens is 1. The number of unbranched alkanes of at least 4 members (excludes halogenated alkanes) is 1. The number of hydrogen-bond acceptors (Lipinski definition) is 3. The van der Waals surface area contributed by atoms with Gasteiger partial charge in [-0.25, -0.2) is 8.42 Å². The first kappa shape index (κ1) is 25.4. The van der Waals surface area contributed by atoms with Crippen LogP contribution in [0.2, 0.25) is 0 Å². The molecule has 0 aromatic heterocycles. The molecule has 1 atom stereocenters. The SMILES string of the molecule is CCCCC(CC)CNC(=O)c1ccc(CN(c2ccc(Br)c(C)c2)S(C)(=O)=O)cc1. The molecule has 0 saturated carbocycles. The second-order valence-corrected chi connectivity index (χ2v) is 10.8. The highest BCUT2D eigenvalue weighted by atomic mass is 79.9. The van der Waals surface area contributed by atoms with Crippen LogP contribution in [0.25, 0.3) is 0 Å². The number of hydrogen-bond donors (Lipinski definition) is 1. The van der Waals surface area contributed by atoms with Gasteiger partial charge in [-0.3, -0.25) is 9.10 Å². The van der Waals surface area contributed by atoms with Crippen LogP contribution in [-0.4, -0.2) is 27.1 Å². The van der Waals surface area contributed by atoms with Crippen LogP contribution < -0.4 is 9.62 Å². The summed E-state index contributed by atoms with van der Waals surface area (Å²) < 4.78 is 27.1. The van der Waals surface area contributed by atoms with Crippen LogP contribution in [0.15, 0.2) is 46.9 Å². The molecule has 7 heteroatoms. The van der Waals surface area contributed by atoms with Crippen LogP contribution in [0.3, 0.4) is 0 Å². The summed E-state index contributed by atoms with van der Waals surface area (Å²) in [6, 6.07) is 12.6. The molecule has 0 aliphatic rings. The molecule has 0 aliphatic carbocycles. The Morgan fingerprint density at radius 1 is 1.13 bits per heavy atom. The number of nitrogens with zero attached hydrogens (tertiary/aromatic N) is 1. The molecule has 2 aromatic rings. The summed E-state index contributed by atoms with van der Waals surface area (Å²) in [6.45, 7) is 7.14. The third-order valence-electron chi connectivity index (χ3n) is 5.47. The number of aryl methyl sites for hydroxylation is 1. The summed E-state index contributed by atoms with van der Waals surface area (Å²) in [5, 5.41) is 3.03. The lowest BCUT2D eigenvalue weighted by molar-refractivity contribution is 0.0946. The van der Waals surface area contributed by atoms with Crippen molar-refractivity contribution in [2.75, 3.05) is 17.1 Å². The van der Waals surface area contributed by atoms with E-state index in [0.29, 0.717) is 23.7 Å². The van der Waals surface area contributed by atoms with Gasteiger partial charge in [0.2, 0.25) is 10.0 Å². The van der Waals surface area contributed by atoms with Gasteiger partial charge in [-0.15, -0.1) is 0 Å². The van der Waals surface area contributed by atoms with E-state index < -0.39 is 10.0 Å². The van der Waals surface area contributed by atoms with Gasteiger partial charge in [-0.05, 0) is 60.7 Å². The zero-order chi connectivity index (χ0) is 23.0. The minimum atomic E-state index is -3.46. The molecule has 5 nitrogen and oxygen atoms in total. The minimum absolute atomic E-state index is 0.0926. The Kier molecular flexibility index (Phi) is 9.56. The summed E-state index contributed by atoms with van der Waals surface area (Å²) in [7, 11) is -3.46. The van der Waals surface area contributed by atoms with E-state index in [-0.39, 0.29) is 12.5 Å². The van der Waals surface area contributed by atoms with Crippen LogP contribution in [0.5, 0.6) is 0 Å². The summed E-state index contributed by atoms with van der Waals surface area (Å²) in [5.74, 6) is 0.408. The highest BCUT2D eigenvalue weighted by Gasteiger charge is 2.19. The van der Waals surface area contributed by atoms with Gasteiger partial charge < -0.3 is 5.32 Å². The van der Waals surface area contributed by atoms with Crippen molar-refractivity contribution in [1.29, 1.82) is 0 Å². The zero-order valence-corrected chi connectivity index (χ0v) is 21.2. The lowest BCUT2D eigenvalue weighted by Gasteiger charge is -2.23. The molecule has 0 spiro atoms. The van der Waals surface area contributed by atoms with Crippen LogP contribution >= 0.6 is 15.9 Å². The summed E-state index contributed by atoms with van der Waals surface area (Å²) >= 11 is 3.45.